The lowest BCUT2D eigenvalue weighted by molar-refractivity contribution is -0.125. The van der Waals surface area contributed by atoms with E-state index < -0.39 is 0 Å². The lowest BCUT2D eigenvalue weighted by Gasteiger charge is -2.07. The van der Waals surface area contributed by atoms with Gasteiger partial charge in [-0.2, -0.15) is 0 Å². The Bertz CT molecular complexity index is 179. The molecule has 0 atom stereocenters. The quantitative estimate of drug-likeness (QED) is 0.488. The smallest absolute Gasteiger partial charge is 0.226 e. The summed E-state index contributed by atoms with van der Waals surface area (Å²) in [4.78, 5) is 12.9. The van der Waals surface area contributed by atoms with Crippen LogP contribution in [0.1, 0.15) is 25.7 Å². The molecule has 0 aliphatic carbocycles. The van der Waals surface area contributed by atoms with Crippen molar-refractivity contribution in [2.24, 2.45) is 0 Å². The molecule has 1 heterocycles. The van der Waals surface area contributed by atoms with Gasteiger partial charge in [0, 0.05) is 25.0 Å². The molecular weight excluding hydrogens is 174 g/mol. The standard InChI is InChI=1S/C9H14ClNO/c10-6-2-1-3-7-11-8-4-5-9(11)12/h3,7H,1-2,4-6,8H2/b7-3-. The molecule has 1 fully saturated rings. The van der Waals surface area contributed by atoms with Crippen LogP contribution >= 0.6 is 11.6 Å². The summed E-state index contributed by atoms with van der Waals surface area (Å²) in [5.74, 6) is 0.940. The molecule has 0 spiro atoms. The fourth-order valence-corrected chi connectivity index (χ4v) is 1.38. The normalized spacial score (nSPS) is 18.1. The monoisotopic (exact) mass is 187 g/mol. The van der Waals surface area contributed by atoms with Crippen LogP contribution in [0.25, 0.3) is 0 Å². The first-order valence-corrected chi connectivity index (χ1v) is 4.90. The SMILES string of the molecule is O=C1CCCN1/C=C\CCCCl. The van der Waals surface area contributed by atoms with Gasteiger partial charge in [0.15, 0.2) is 0 Å². The van der Waals surface area contributed by atoms with Crippen molar-refractivity contribution in [3.63, 3.8) is 0 Å². The fraction of sp³-hybridized carbons (Fsp3) is 0.667. The summed E-state index contributed by atoms with van der Waals surface area (Å²) in [5, 5.41) is 0. The number of halogens is 1. The van der Waals surface area contributed by atoms with Crippen molar-refractivity contribution in [3.05, 3.63) is 12.3 Å². The maximum Gasteiger partial charge on any atom is 0.226 e. The Morgan fingerprint density at radius 1 is 1.58 bits per heavy atom. The lowest BCUT2D eigenvalue weighted by atomic mass is 10.3. The average Bonchev–Trinajstić information content (AvgIpc) is 2.46. The number of alkyl halides is 1. The molecule has 1 rings (SSSR count). The number of likely N-dealkylation sites (tertiary alicyclic amines) is 1. The Hall–Kier alpha value is -0.500. The number of allylic oxidation sites excluding steroid dienone is 1. The molecule has 3 heteroatoms. The van der Waals surface area contributed by atoms with Crippen LogP contribution < -0.4 is 0 Å². The molecule has 68 valence electrons. The maximum absolute atomic E-state index is 11.1. The summed E-state index contributed by atoms with van der Waals surface area (Å²) in [7, 11) is 0. The molecule has 1 aliphatic heterocycles. The minimum Gasteiger partial charge on any atom is -0.319 e. The number of unbranched alkanes of at least 4 members (excludes halogenated alkanes) is 1. The highest BCUT2D eigenvalue weighted by atomic mass is 35.5. The van der Waals surface area contributed by atoms with E-state index in [9.17, 15) is 4.79 Å². The molecule has 2 nitrogen and oxygen atoms in total. The number of rotatable bonds is 4. The van der Waals surface area contributed by atoms with Crippen LogP contribution in [-0.4, -0.2) is 23.2 Å². The van der Waals surface area contributed by atoms with E-state index in [1.807, 2.05) is 12.3 Å². The predicted octanol–water partition coefficient (Wildman–Crippen LogP) is 2.14. The molecule has 1 amide bonds. The van der Waals surface area contributed by atoms with Crippen molar-refractivity contribution in [2.75, 3.05) is 12.4 Å². The van der Waals surface area contributed by atoms with E-state index in [1.54, 1.807) is 4.90 Å². The zero-order valence-electron chi connectivity index (χ0n) is 7.13. The van der Waals surface area contributed by atoms with Crippen molar-refractivity contribution in [1.29, 1.82) is 0 Å². The van der Waals surface area contributed by atoms with Gasteiger partial charge in [0.2, 0.25) is 5.91 Å². The van der Waals surface area contributed by atoms with Gasteiger partial charge >= 0.3 is 0 Å². The summed E-state index contributed by atoms with van der Waals surface area (Å²) in [5.41, 5.74) is 0. The van der Waals surface area contributed by atoms with Crippen molar-refractivity contribution >= 4 is 17.5 Å². The number of amides is 1. The van der Waals surface area contributed by atoms with Crippen LogP contribution in [0.3, 0.4) is 0 Å². The zero-order valence-corrected chi connectivity index (χ0v) is 7.89. The van der Waals surface area contributed by atoms with E-state index in [-0.39, 0.29) is 5.91 Å². The molecular formula is C9H14ClNO. The number of carbonyl (C=O) groups is 1. The van der Waals surface area contributed by atoms with Gasteiger partial charge < -0.3 is 4.90 Å². The Balaban J connectivity index is 2.20. The van der Waals surface area contributed by atoms with Gasteiger partial charge in [0.25, 0.3) is 0 Å². The van der Waals surface area contributed by atoms with E-state index in [0.717, 1.165) is 25.8 Å². The Morgan fingerprint density at radius 3 is 3.00 bits per heavy atom. The molecule has 0 radical (unpaired) electrons. The van der Waals surface area contributed by atoms with Crippen LogP contribution in [0.5, 0.6) is 0 Å². The Kier molecular flexibility index (Phi) is 4.15. The van der Waals surface area contributed by atoms with Crippen molar-refractivity contribution in [1.82, 2.24) is 4.90 Å². The molecule has 0 unspecified atom stereocenters. The zero-order chi connectivity index (χ0) is 8.81. The van der Waals surface area contributed by atoms with Crippen molar-refractivity contribution < 1.29 is 4.79 Å². The number of carbonyl (C=O) groups excluding carboxylic acids is 1. The molecule has 0 saturated carbocycles. The first kappa shape index (κ1) is 9.59. The van der Waals surface area contributed by atoms with Gasteiger partial charge in [-0.1, -0.05) is 6.08 Å². The van der Waals surface area contributed by atoms with Crippen LogP contribution in [0.2, 0.25) is 0 Å². The van der Waals surface area contributed by atoms with E-state index in [1.165, 1.54) is 0 Å². The largest absolute Gasteiger partial charge is 0.319 e. The third kappa shape index (κ3) is 2.86. The van der Waals surface area contributed by atoms with E-state index in [2.05, 4.69) is 0 Å². The minimum atomic E-state index is 0.247. The summed E-state index contributed by atoms with van der Waals surface area (Å²) < 4.78 is 0. The van der Waals surface area contributed by atoms with Gasteiger partial charge in [-0.05, 0) is 19.3 Å². The van der Waals surface area contributed by atoms with Crippen molar-refractivity contribution in [2.45, 2.75) is 25.7 Å². The van der Waals surface area contributed by atoms with Crippen molar-refractivity contribution in [3.8, 4) is 0 Å². The minimum absolute atomic E-state index is 0.247. The van der Waals surface area contributed by atoms with Gasteiger partial charge in [0.1, 0.15) is 0 Å². The number of nitrogens with zero attached hydrogens (tertiary/aromatic N) is 1. The summed E-state index contributed by atoms with van der Waals surface area (Å²) >= 11 is 5.51. The van der Waals surface area contributed by atoms with Gasteiger partial charge in [-0.15, -0.1) is 11.6 Å². The molecule has 0 aromatic heterocycles. The van der Waals surface area contributed by atoms with E-state index in [0.29, 0.717) is 12.3 Å². The summed E-state index contributed by atoms with van der Waals surface area (Å²) in [6.45, 7) is 0.885. The van der Waals surface area contributed by atoms with Crippen LogP contribution in [0.4, 0.5) is 0 Å². The second-order valence-corrected chi connectivity index (χ2v) is 3.28. The number of hydrogen-bond donors (Lipinski definition) is 0. The highest BCUT2D eigenvalue weighted by molar-refractivity contribution is 6.17. The number of hydrogen-bond acceptors (Lipinski definition) is 1. The van der Waals surface area contributed by atoms with Crippen LogP contribution in [0, 0.1) is 0 Å². The summed E-state index contributed by atoms with van der Waals surface area (Å²) in [6, 6.07) is 0. The second kappa shape index (κ2) is 5.20. The predicted molar refractivity (Wildman–Crippen MR) is 50.0 cm³/mol. The van der Waals surface area contributed by atoms with E-state index >= 15 is 0 Å². The topological polar surface area (TPSA) is 20.3 Å². The van der Waals surface area contributed by atoms with Crippen LogP contribution in [-0.2, 0) is 4.79 Å². The Labute approximate surface area is 78.2 Å². The molecule has 1 saturated heterocycles. The molecule has 0 bridgehead atoms. The second-order valence-electron chi connectivity index (χ2n) is 2.91. The third-order valence-corrected chi connectivity index (χ3v) is 2.17. The molecule has 0 aromatic rings. The van der Waals surface area contributed by atoms with Gasteiger partial charge in [-0.25, -0.2) is 0 Å². The summed E-state index contributed by atoms with van der Waals surface area (Å²) in [6.07, 6.45) is 7.57. The van der Waals surface area contributed by atoms with E-state index in [4.69, 9.17) is 11.6 Å². The molecule has 12 heavy (non-hydrogen) atoms. The van der Waals surface area contributed by atoms with Gasteiger partial charge in [0.05, 0.1) is 0 Å². The van der Waals surface area contributed by atoms with Crippen LogP contribution in [0.15, 0.2) is 12.3 Å². The Morgan fingerprint density at radius 2 is 2.42 bits per heavy atom. The highest BCUT2D eigenvalue weighted by Crippen LogP contribution is 2.09. The first-order valence-electron chi connectivity index (χ1n) is 4.36. The first-order chi connectivity index (χ1) is 5.84. The molecule has 0 N–H and O–H groups in total. The fourth-order valence-electron chi connectivity index (χ4n) is 1.22. The van der Waals surface area contributed by atoms with Gasteiger partial charge in [-0.3, -0.25) is 4.79 Å². The lowest BCUT2D eigenvalue weighted by Crippen LogP contribution is -2.17. The third-order valence-electron chi connectivity index (χ3n) is 1.90. The average molecular weight is 188 g/mol. The highest BCUT2D eigenvalue weighted by Gasteiger charge is 2.16. The maximum atomic E-state index is 11.1. The molecule has 1 aliphatic rings. The molecule has 0 aromatic carbocycles.